The van der Waals surface area contributed by atoms with E-state index in [1.54, 1.807) is 6.07 Å². The molecule has 1 aliphatic carbocycles. The predicted octanol–water partition coefficient (Wildman–Crippen LogP) is 3.35. The molecule has 0 saturated carbocycles. The first kappa shape index (κ1) is 15.8. The molecule has 0 amide bonds. The molecule has 0 radical (unpaired) electrons. The van der Waals surface area contributed by atoms with E-state index in [-0.39, 0.29) is 12.4 Å². The van der Waals surface area contributed by atoms with Crippen LogP contribution < -0.4 is 0 Å². The Hall–Kier alpha value is -1.25. The third-order valence-corrected chi connectivity index (χ3v) is 3.64. The lowest BCUT2D eigenvalue weighted by Crippen LogP contribution is -2.39. The molecule has 104 valence electrons. The van der Waals surface area contributed by atoms with Crippen molar-refractivity contribution in [3.05, 3.63) is 54.6 Å². The number of aromatic hydroxyl groups is 1. The summed E-state index contributed by atoms with van der Waals surface area (Å²) < 4.78 is 0. The van der Waals surface area contributed by atoms with Crippen LogP contribution in [0.3, 0.4) is 0 Å². The molecule has 1 unspecified atom stereocenters. The largest absolute Gasteiger partial charge is 0.508 e. The number of nitrogens with zero attached hydrogens (tertiary/aromatic N) is 1. The van der Waals surface area contributed by atoms with Crippen molar-refractivity contribution in [1.82, 2.24) is 4.90 Å². The van der Waals surface area contributed by atoms with E-state index < -0.39 is 0 Å². The van der Waals surface area contributed by atoms with Gasteiger partial charge in [0.15, 0.2) is 0 Å². The maximum Gasteiger partial charge on any atom is 0.115 e. The fourth-order valence-corrected chi connectivity index (χ4v) is 2.74. The van der Waals surface area contributed by atoms with E-state index in [2.05, 4.69) is 24.1 Å². The summed E-state index contributed by atoms with van der Waals surface area (Å²) in [7, 11) is 0. The predicted molar refractivity (Wildman–Crippen MR) is 83.1 cm³/mol. The van der Waals surface area contributed by atoms with E-state index in [1.165, 1.54) is 11.1 Å². The normalized spacial score (nSPS) is 17.4. The molecule has 19 heavy (non-hydrogen) atoms. The molecule has 3 heteroatoms. The van der Waals surface area contributed by atoms with Crippen LogP contribution in [0.5, 0.6) is 5.75 Å². The van der Waals surface area contributed by atoms with E-state index >= 15 is 0 Å². The molecule has 2 nitrogen and oxygen atoms in total. The Morgan fingerprint density at radius 2 is 1.89 bits per heavy atom. The second kappa shape index (κ2) is 7.37. The first-order chi connectivity index (χ1) is 8.74. The van der Waals surface area contributed by atoms with Gasteiger partial charge in [0.05, 0.1) is 0 Å². The van der Waals surface area contributed by atoms with Crippen LogP contribution in [0.25, 0.3) is 0 Å². The molecule has 1 aromatic carbocycles. The van der Waals surface area contributed by atoms with Crippen LogP contribution in [0.15, 0.2) is 43.5 Å². The van der Waals surface area contributed by atoms with Crippen molar-refractivity contribution in [2.75, 3.05) is 13.1 Å². The lowest BCUT2D eigenvalue weighted by atomic mass is 9.87. The van der Waals surface area contributed by atoms with Crippen LogP contribution in [0.2, 0.25) is 0 Å². The van der Waals surface area contributed by atoms with Gasteiger partial charge in [0.2, 0.25) is 0 Å². The Morgan fingerprint density at radius 3 is 2.53 bits per heavy atom. The first-order valence-electron chi connectivity index (χ1n) is 6.51. The highest BCUT2D eigenvalue weighted by molar-refractivity contribution is 5.85. The Labute approximate surface area is 121 Å². The fraction of sp³-hybridized carbons (Fsp3) is 0.375. The van der Waals surface area contributed by atoms with Crippen LogP contribution in [0.4, 0.5) is 0 Å². The highest BCUT2D eigenvalue weighted by Crippen LogP contribution is 2.27. The molecule has 0 aliphatic heterocycles. The van der Waals surface area contributed by atoms with Crippen LogP contribution in [0, 0.1) is 0 Å². The molecule has 0 heterocycles. The second-order valence-electron chi connectivity index (χ2n) is 4.88. The Balaban J connectivity index is 0.00000180. The SMILES string of the molecule is C=CCN(CC=C)C1CCc2cc(O)ccc2C1.Cl. The molecule has 0 spiro atoms. The molecule has 1 atom stereocenters. The number of rotatable bonds is 5. The minimum absolute atomic E-state index is 0. The van der Waals surface area contributed by atoms with Crippen LogP contribution in [0.1, 0.15) is 17.5 Å². The standard InChI is InChI=1S/C16H21NO.ClH/c1-3-9-17(10-4-2)15-7-5-14-12-16(18)8-6-13(14)11-15;/h3-4,6,8,12,15,18H,1-2,5,7,9-11H2;1H. The number of hydrogen-bond acceptors (Lipinski definition) is 2. The van der Waals surface area contributed by atoms with Crippen molar-refractivity contribution in [2.45, 2.75) is 25.3 Å². The van der Waals surface area contributed by atoms with Crippen molar-refractivity contribution in [1.29, 1.82) is 0 Å². The lowest BCUT2D eigenvalue weighted by molar-refractivity contribution is 0.219. The van der Waals surface area contributed by atoms with Gasteiger partial charge in [0.25, 0.3) is 0 Å². The molecule has 0 bridgehead atoms. The fourth-order valence-electron chi connectivity index (χ4n) is 2.74. The number of phenolic OH excluding ortho intramolecular Hbond substituents is 1. The molecule has 0 saturated heterocycles. The van der Waals surface area contributed by atoms with Crippen LogP contribution in [-0.4, -0.2) is 29.1 Å². The smallest absolute Gasteiger partial charge is 0.115 e. The first-order valence-corrected chi connectivity index (χ1v) is 6.51. The Morgan fingerprint density at radius 1 is 1.21 bits per heavy atom. The van der Waals surface area contributed by atoms with Gasteiger partial charge in [-0.1, -0.05) is 18.2 Å². The van der Waals surface area contributed by atoms with Crippen molar-refractivity contribution in [2.24, 2.45) is 0 Å². The van der Waals surface area contributed by atoms with Gasteiger partial charge in [-0.15, -0.1) is 25.6 Å². The molecule has 0 aromatic heterocycles. The summed E-state index contributed by atoms with van der Waals surface area (Å²) in [5, 5.41) is 9.49. The highest BCUT2D eigenvalue weighted by Gasteiger charge is 2.23. The van der Waals surface area contributed by atoms with E-state index in [0.29, 0.717) is 11.8 Å². The zero-order chi connectivity index (χ0) is 13.0. The van der Waals surface area contributed by atoms with Crippen LogP contribution in [-0.2, 0) is 12.8 Å². The maximum atomic E-state index is 9.49. The number of aryl methyl sites for hydroxylation is 1. The average Bonchev–Trinajstić information content (AvgIpc) is 2.38. The number of fused-ring (bicyclic) bond motifs is 1. The lowest BCUT2D eigenvalue weighted by Gasteiger charge is -2.34. The quantitative estimate of drug-likeness (QED) is 0.836. The molecular weight excluding hydrogens is 258 g/mol. The minimum Gasteiger partial charge on any atom is -0.508 e. The van der Waals surface area contributed by atoms with Gasteiger partial charge in [-0.2, -0.15) is 0 Å². The van der Waals surface area contributed by atoms with E-state index in [9.17, 15) is 5.11 Å². The number of halogens is 1. The summed E-state index contributed by atoms with van der Waals surface area (Å²) in [6.07, 6.45) is 7.14. The van der Waals surface area contributed by atoms with Crippen molar-refractivity contribution >= 4 is 12.4 Å². The summed E-state index contributed by atoms with van der Waals surface area (Å²) in [5.41, 5.74) is 2.66. The van der Waals surface area contributed by atoms with Gasteiger partial charge >= 0.3 is 0 Å². The zero-order valence-electron chi connectivity index (χ0n) is 11.2. The minimum atomic E-state index is 0. The van der Waals surface area contributed by atoms with Crippen LogP contribution >= 0.6 is 12.4 Å². The topological polar surface area (TPSA) is 23.5 Å². The highest BCUT2D eigenvalue weighted by atomic mass is 35.5. The molecular formula is C16H22ClNO. The summed E-state index contributed by atoms with van der Waals surface area (Å²) in [6.45, 7) is 9.46. The molecule has 2 rings (SSSR count). The maximum absolute atomic E-state index is 9.49. The zero-order valence-corrected chi connectivity index (χ0v) is 12.0. The van der Waals surface area contributed by atoms with Crippen molar-refractivity contribution < 1.29 is 5.11 Å². The van der Waals surface area contributed by atoms with E-state index in [1.807, 2.05) is 18.2 Å². The summed E-state index contributed by atoms with van der Waals surface area (Å²) in [4.78, 5) is 2.41. The van der Waals surface area contributed by atoms with E-state index in [4.69, 9.17) is 0 Å². The Kier molecular flexibility index (Phi) is 6.13. The van der Waals surface area contributed by atoms with Gasteiger partial charge in [-0.05, 0) is 42.5 Å². The summed E-state index contributed by atoms with van der Waals surface area (Å²) in [6, 6.07) is 6.29. The van der Waals surface area contributed by atoms with E-state index in [0.717, 1.165) is 32.4 Å². The van der Waals surface area contributed by atoms with Crippen molar-refractivity contribution in [3.63, 3.8) is 0 Å². The average molecular weight is 280 g/mol. The van der Waals surface area contributed by atoms with Gasteiger partial charge in [0.1, 0.15) is 5.75 Å². The van der Waals surface area contributed by atoms with Gasteiger partial charge in [-0.3, -0.25) is 4.90 Å². The van der Waals surface area contributed by atoms with Gasteiger partial charge in [-0.25, -0.2) is 0 Å². The third kappa shape index (κ3) is 3.85. The van der Waals surface area contributed by atoms with Gasteiger partial charge in [0, 0.05) is 19.1 Å². The number of hydrogen-bond donors (Lipinski definition) is 1. The summed E-state index contributed by atoms with van der Waals surface area (Å²) >= 11 is 0. The summed E-state index contributed by atoms with van der Waals surface area (Å²) in [5.74, 6) is 0.376. The van der Waals surface area contributed by atoms with Crippen molar-refractivity contribution in [3.8, 4) is 5.75 Å². The third-order valence-electron chi connectivity index (χ3n) is 3.64. The molecule has 1 aromatic rings. The van der Waals surface area contributed by atoms with Gasteiger partial charge < -0.3 is 5.11 Å². The second-order valence-corrected chi connectivity index (χ2v) is 4.88. The Bertz CT molecular complexity index is 434. The number of phenols is 1. The molecule has 0 fully saturated rings. The monoisotopic (exact) mass is 279 g/mol. The number of benzene rings is 1. The molecule has 1 N–H and O–H groups in total. The molecule has 1 aliphatic rings.